The highest BCUT2D eigenvalue weighted by Crippen LogP contribution is 2.05. The fourth-order valence-corrected chi connectivity index (χ4v) is 0.995. The van der Waals surface area contributed by atoms with E-state index in [0.717, 1.165) is 25.9 Å². The molecule has 8 heavy (non-hydrogen) atoms. The number of aliphatic hydroxyl groups excluding tert-OH is 1. The molecule has 1 saturated heterocycles. The van der Waals surface area contributed by atoms with Gasteiger partial charge in [-0.25, -0.2) is 0 Å². The van der Waals surface area contributed by atoms with Crippen LogP contribution in [0.15, 0.2) is 0 Å². The Bertz CT molecular complexity index is 60.8. The fourth-order valence-electron chi connectivity index (χ4n) is 0.995. The summed E-state index contributed by atoms with van der Waals surface area (Å²) in [5.74, 6) is 0. The second kappa shape index (κ2) is 2.51. The molecular weight excluding hydrogens is 101 g/mol. The summed E-state index contributed by atoms with van der Waals surface area (Å²) >= 11 is 0. The first-order chi connectivity index (χ1) is 3.79. The number of aliphatic hydroxyl groups is 1. The van der Waals surface area contributed by atoms with Crippen molar-refractivity contribution in [3.05, 3.63) is 0 Å². The monoisotopic (exact) mass is 113 g/mol. The standard InChI is InChI=1S/C5H12BNO/c6-7-3-1-5(8)2-4-7/h5,8H,1-4,6H2. The summed E-state index contributed by atoms with van der Waals surface area (Å²) in [6, 6.07) is 0. The Hall–Kier alpha value is -0.0151. The minimum absolute atomic E-state index is 0.0220. The SMILES string of the molecule is BN1CCC(O)CC1. The zero-order valence-electron chi connectivity index (χ0n) is 5.30. The molecule has 0 aromatic carbocycles. The predicted octanol–water partition coefficient (Wildman–Crippen LogP) is -1.01. The highest BCUT2D eigenvalue weighted by molar-refractivity contribution is 6.04. The van der Waals surface area contributed by atoms with Gasteiger partial charge in [0.25, 0.3) is 0 Å². The molecule has 0 atom stereocenters. The largest absolute Gasteiger partial charge is 0.393 e. The van der Waals surface area contributed by atoms with Crippen LogP contribution in [0.25, 0.3) is 0 Å². The van der Waals surface area contributed by atoms with E-state index >= 15 is 0 Å². The number of hydrogen-bond donors (Lipinski definition) is 1. The summed E-state index contributed by atoms with van der Waals surface area (Å²) in [7, 11) is 2.09. The highest BCUT2D eigenvalue weighted by Gasteiger charge is 2.11. The van der Waals surface area contributed by atoms with Crippen LogP contribution in [-0.2, 0) is 0 Å². The van der Waals surface area contributed by atoms with E-state index in [4.69, 9.17) is 5.11 Å². The molecule has 0 aromatic heterocycles. The summed E-state index contributed by atoms with van der Waals surface area (Å²) in [6.45, 7) is 2.11. The van der Waals surface area contributed by atoms with Crippen LogP contribution in [0.3, 0.4) is 0 Å². The van der Waals surface area contributed by atoms with Gasteiger partial charge in [0, 0.05) is 0 Å². The van der Waals surface area contributed by atoms with Crippen LogP contribution < -0.4 is 0 Å². The third-order valence-electron chi connectivity index (χ3n) is 1.69. The molecule has 1 fully saturated rings. The van der Waals surface area contributed by atoms with Gasteiger partial charge in [0.15, 0.2) is 7.98 Å². The highest BCUT2D eigenvalue weighted by atomic mass is 16.3. The van der Waals surface area contributed by atoms with Gasteiger partial charge in [-0.15, -0.1) is 0 Å². The van der Waals surface area contributed by atoms with E-state index in [1.54, 1.807) is 0 Å². The van der Waals surface area contributed by atoms with Gasteiger partial charge in [0.2, 0.25) is 0 Å². The van der Waals surface area contributed by atoms with Gasteiger partial charge in [0.05, 0.1) is 6.10 Å². The van der Waals surface area contributed by atoms with Crippen LogP contribution in [0, 0.1) is 0 Å². The van der Waals surface area contributed by atoms with Crippen LogP contribution in [0.4, 0.5) is 0 Å². The molecule has 1 N–H and O–H groups in total. The van der Waals surface area contributed by atoms with E-state index in [2.05, 4.69) is 12.8 Å². The van der Waals surface area contributed by atoms with E-state index in [1.807, 2.05) is 0 Å². The van der Waals surface area contributed by atoms with Crippen molar-refractivity contribution in [3.8, 4) is 0 Å². The Balaban J connectivity index is 2.19. The maximum Gasteiger partial charge on any atom is 0.185 e. The molecule has 0 aromatic rings. The Labute approximate surface area is 50.9 Å². The minimum atomic E-state index is -0.0220. The van der Waals surface area contributed by atoms with Gasteiger partial charge in [-0.05, 0) is 25.9 Å². The first-order valence-electron chi connectivity index (χ1n) is 3.15. The Morgan fingerprint density at radius 3 is 2.25 bits per heavy atom. The van der Waals surface area contributed by atoms with E-state index in [9.17, 15) is 0 Å². The van der Waals surface area contributed by atoms with E-state index in [1.165, 1.54) is 0 Å². The number of hydrogen-bond acceptors (Lipinski definition) is 2. The van der Waals surface area contributed by atoms with Crippen LogP contribution in [-0.4, -0.2) is 37.1 Å². The second-order valence-corrected chi connectivity index (χ2v) is 2.53. The lowest BCUT2D eigenvalue weighted by molar-refractivity contribution is 0.114. The third-order valence-corrected chi connectivity index (χ3v) is 1.69. The van der Waals surface area contributed by atoms with Crippen molar-refractivity contribution in [2.45, 2.75) is 18.9 Å². The molecule has 0 aliphatic carbocycles. The van der Waals surface area contributed by atoms with Gasteiger partial charge >= 0.3 is 0 Å². The molecule has 2 nitrogen and oxygen atoms in total. The zero-order chi connectivity index (χ0) is 5.98. The smallest absolute Gasteiger partial charge is 0.185 e. The van der Waals surface area contributed by atoms with Gasteiger partial charge in [0.1, 0.15) is 0 Å². The maximum atomic E-state index is 9.00. The molecule has 0 bridgehead atoms. The van der Waals surface area contributed by atoms with Crippen LogP contribution in [0.5, 0.6) is 0 Å². The first kappa shape index (κ1) is 6.11. The lowest BCUT2D eigenvalue weighted by Crippen LogP contribution is -2.33. The lowest BCUT2D eigenvalue weighted by atomic mass is 10.1. The molecule has 1 heterocycles. The number of nitrogens with zero attached hydrogens (tertiary/aromatic N) is 1. The molecule has 0 saturated carbocycles. The van der Waals surface area contributed by atoms with Crippen LogP contribution >= 0.6 is 0 Å². The molecule has 0 amide bonds. The van der Waals surface area contributed by atoms with Crippen molar-refractivity contribution in [2.24, 2.45) is 0 Å². The normalized spacial score (nSPS) is 26.1. The van der Waals surface area contributed by atoms with Crippen molar-refractivity contribution in [1.82, 2.24) is 4.81 Å². The topological polar surface area (TPSA) is 23.5 Å². The summed E-state index contributed by atoms with van der Waals surface area (Å²) in [4.78, 5) is 2.24. The summed E-state index contributed by atoms with van der Waals surface area (Å²) in [5, 5.41) is 9.00. The molecule has 1 rings (SSSR count). The molecule has 3 heteroatoms. The van der Waals surface area contributed by atoms with Crippen molar-refractivity contribution in [2.75, 3.05) is 13.1 Å². The molecule has 0 spiro atoms. The van der Waals surface area contributed by atoms with Gasteiger partial charge in [-0.3, -0.25) is 0 Å². The average molecular weight is 113 g/mol. The molecule has 1 aliphatic rings. The Morgan fingerprint density at radius 2 is 1.88 bits per heavy atom. The average Bonchev–Trinajstić information content (AvgIpc) is 1.77. The van der Waals surface area contributed by atoms with E-state index in [-0.39, 0.29) is 6.10 Å². The maximum absolute atomic E-state index is 9.00. The second-order valence-electron chi connectivity index (χ2n) is 2.53. The number of piperidine rings is 1. The van der Waals surface area contributed by atoms with E-state index < -0.39 is 0 Å². The van der Waals surface area contributed by atoms with Crippen LogP contribution in [0.1, 0.15) is 12.8 Å². The Kier molecular flexibility index (Phi) is 1.92. The van der Waals surface area contributed by atoms with Crippen molar-refractivity contribution < 1.29 is 5.11 Å². The molecule has 0 radical (unpaired) electrons. The molecular formula is C5H12BNO. The third kappa shape index (κ3) is 1.49. The van der Waals surface area contributed by atoms with Gasteiger partial charge in [-0.1, -0.05) is 0 Å². The van der Waals surface area contributed by atoms with Gasteiger partial charge in [-0.2, -0.15) is 0 Å². The summed E-state index contributed by atoms with van der Waals surface area (Å²) in [6.07, 6.45) is 1.89. The number of rotatable bonds is 0. The van der Waals surface area contributed by atoms with Crippen molar-refractivity contribution in [3.63, 3.8) is 0 Å². The predicted molar refractivity (Wildman–Crippen MR) is 35.4 cm³/mol. The fraction of sp³-hybridized carbons (Fsp3) is 1.00. The van der Waals surface area contributed by atoms with Crippen molar-refractivity contribution >= 4 is 7.98 Å². The molecule has 1 aliphatic heterocycles. The summed E-state index contributed by atoms with van der Waals surface area (Å²) in [5.41, 5.74) is 0. The van der Waals surface area contributed by atoms with E-state index in [0.29, 0.717) is 0 Å². The van der Waals surface area contributed by atoms with Crippen LogP contribution in [0.2, 0.25) is 0 Å². The summed E-state index contributed by atoms with van der Waals surface area (Å²) < 4.78 is 0. The Morgan fingerprint density at radius 1 is 1.38 bits per heavy atom. The quantitative estimate of drug-likeness (QED) is 0.407. The zero-order valence-corrected chi connectivity index (χ0v) is 5.30. The van der Waals surface area contributed by atoms with Gasteiger partial charge < -0.3 is 9.92 Å². The van der Waals surface area contributed by atoms with Crippen molar-refractivity contribution in [1.29, 1.82) is 0 Å². The molecule has 46 valence electrons. The molecule has 0 unspecified atom stereocenters. The minimum Gasteiger partial charge on any atom is -0.393 e. The lowest BCUT2D eigenvalue weighted by Gasteiger charge is -2.25. The first-order valence-corrected chi connectivity index (χ1v) is 3.15.